The Balaban J connectivity index is 2.69. The number of halogens is 1. The van der Waals surface area contributed by atoms with Gasteiger partial charge in [-0.1, -0.05) is 15.9 Å². The molecule has 6 heteroatoms. The molecule has 5 nitrogen and oxygen atoms in total. The zero-order valence-electron chi connectivity index (χ0n) is 9.53. The number of nitrogen functional groups attached to an aromatic ring is 1. The zero-order chi connectivity index (χ0) is 13.3. The lowest BCUT2D eigenvalue weighted by Crippen LogP contribution is -2.01. The van der Waals surface area contributed by atoms with E-state index in [0.29, 0.717) is 17.0 Å². The Kier molecular flexibility index (Phi) is 3.29. The number of H-pyrrole nitrogens is 1. The molecule has 0 spiro atoms. The fourth-order valence-electron chi connectivity index (χ4n) is 1.76. The summed E-state index contributed by atoms with van der Waals surface area (Å²) in [7, 11) is 1.53. The quantitative estimate of drug-likeness (QED) is 0.813. The monoisotopic (exact) mass is 310 g/mol. The molecule has 0 atom stereocenters. The van der Waals surface area contributed by atoms with E-state index in [4.69, 9.17) is 10.5 Å². The first-order chi connectivity index (χ1) is 8.54. The summed E-state index contributed by atoms with van der Waals surface area (Å²) in [5, 5.41) is 9.18. The third kappa shape index (κ3) is 2.06. The fraction of sp³-hybridized carbons (Fsp3) is 0.0833. The summed E-state index contributed by atoms with van der Waals surface area (Å²) < 4.78 is 6.05. The van der Waals surface area contributed by atoms with Crippen molar-refractivity contribution in [2.75, 3.05) is 12.8 Å². The molecule has 0 radical (unpaired) electrons. The largest absolute Gasteiger partial charge is 0.496 e. The summed E-state index contributed by atoms with van der Waals surface area (Å²) in [5.41, 5.74) is 6.95. The maximum absolute atomic E-state index is 11.2. The average Bonchev–Trinajstić information content (AvgIpc) is 2.71. The highest BCUT2D eigenvalue weighted by molar-refractivity contribution is 9.10. The van der Waals surface area contributed by atoms with Crippen molar-refractivity contribution >= 4 is 27.6 Å². The van der Waals surface area contributed by atoms with E-state index in [1.807, 2.05) is 6.07 Å². The number of methoxy groups -OCH3 is 1. The molecule has 1 aromatic heterocycles. The summed E-state index contributed by atoms with van der Waals surface area (Å²) >= 11 is 3.34. The molecule has 2 aromatic rings. The van der Waals surface area contributed by atoms with E-state index in [-0.39, 0.29) is 11.3 Å². The Labute approximate surface area is 112 Å². The Morgan fingerprint density at radius 2 is 2.22 bits per heavy atom. The second kappa shape index (κ2) is 4.73. The van der Waals surface area contributed by atoms with Crippen molar-refractivity contribution in [2.24, 2.45) is 0 Å². The van der Waals surface area contributed by atoms with Crippen molar-refractivity contribution in [3.05, 3.63) is 34.4 Å². The fourth-order valence-corrected chi connectivity index (χ4v) is 2.12. The lowest BCUT2D eigenvalue weighted by atomic mass is 10.1. The molecular weight excluding hydrogens is 300 g/mol. The van der Waals surface area contributed by atoms with E-state index in [2.05, 4.69) is 20.9 Å². The Morgan fingerprint density at radius 3 is 2.83 bits per heavy atom. The number of rotatable bonds is 3. The molecule has 0 fully saturated rings. The summed E-state index contributed by atoms with van der Waals surface area (Å²) in [4.78, 5) is 14.1. The zero-order valence-corrected chi connectivity index (χ0v) is 11.1. The molecule has 0 aliphatic carbocycles. The average molecular weight is 311 g/mol. The highest BCUT2D eigenvalue weighted by Crippen LogP contribution is 2.35. The first kappa shape index (κ1) is 12.5. The van der Waals surface area contributed by atoms with Gasteiger partial charge in [0.15, 0.2) is 0 Å². The summed E-state index contributed by atoms with van der Waals surface area (Å²) in [6.07, 6.45) is 1.46. The van der Waals surface area contributed by atoms with Crippen LogP contribution in [0.25, 0.3) is 11.3 Å². The van der Waals surface area contributed by atoms with Gasteiger partial charge in [-0.05, 0) is 18.2 Å². The number of hydrogen-bond donors (Lipinski definition) is 3. The molecule has 2 rings (SSSR count). The van der Waals surface area contributed by atoms with Crippen LogP contribution in [-0.4, -0.2) is 23.2 Å². The Morgan fingerprint density at radius 1 is 1.50 bits per heavy atom. The van der Waals surface area contributed by atoms with Gasteiger partial charge in [0.05, 0.1) is 18.5 Å². The van der Waals surface area contributed by atoms with Crippen molar-refractivity contribution in [1.29, 1.82) is 0 Å². The molecule has 4 N–H and O–H groups in total. The minimum atomic E-state index is -1.08. The minimum absolute atomic E-state index is 0.0476. The second-order valence-corrected chi connectivity index (χ2v) is 4.56. The summed E-state index contributed by atoms with van der Waals surface area (Å²) in [6, 6.07) is 5.34. The number of aromatic nitrogens is 1. The number of hydrogen-bond acceptors (Lipinski definition) is 3. The third-order valence-corrected chi connectivity index (χ3v) is 3.05. The molecule has 0 unspecified atom stereocenters. The molecular formula is C12H11BrN2O3. The van der Waals surface area contributed by atoms with Crippen molar-refractivity contribution < 1.29 is 14.6 Å². The minimum Gasteiger partial charge on any atom is -0.496 e. The van der Waals surface area contributed by atoms with E-state index in [0.717, 1.165) is 4.47 Å². The first-order valence-electron chi connectivity index (χ1n) is 5.08. The molecule has 0 aliphatic rings. The topological polar surface area (TPSA) is 88.3 Å². The molecule has 18 heavy (non-hydrogen) atoms. The van der Waals surface area contributed by atoms with Gasteiger partial charge in [0.1, 0.15) is 11.3 Å². The van der Waals surface area contributed by atoms with Crippen molar-refractivity contribution in [1.82, 2.24) is 4.98 Å². The van der Waals surface area contributed by atoms with Gasteiger partial charge in [0.25, 0.3) is 0 Å². The number of anilines is 1. The summed E-state index contributed by atoms with van der Waals surface area (Å²) in [6.45, 7) is 0. The second-order valence-electron chi connectivity index (χ2n) is 3.64. The van der Waals surface area contributed by atoms with Gasteiger partial charge >= 0.3 is 5.97 Å². The van der Waals surface area contributed by atoms with Crippen LogP contribution in [0.5, 0.6) is 5.75 Å². The highest BCUT2D eigenvalue weighted by Gasteiger charge is 2.20. The normalized spacial score (nSPS) is 10.3. The number of ether oxygens (including phenoxy) is 1. The van der Waals surface area contributed by atoms with Gasteiger partial charge < -0.3 is 20.6 Å². The van der Waals surface area contributed by atoms with E-state index in [1.165, 1.54) is 13.3 Å². The van der Waals surface area contributed by atoms with Crippen molar-refractivity contribution in [3.63, 3.8) is 0 Å². The van der Waals surface area contributed by atoms with E-state index in [9.17, 15) is 9.90 Å². The van der Waals surface area contributed by atoms with Crippen LogP contribution >= 0.6 is 15.9 Å². The van der Waals surface area contributed by atoms with Gasteiger partial charge in [-0.2, -0.15) is 0 Å². The Bertz CT molecular complexity index is 607. The van der Waals surface area contributed by atoms with Crippen LogP contribution in [0.15, 0.2) is 28.9 Å². The van der Waals surface area contributed by atoms with Crippen LogP contribution in [0.2, 0.25) is 0 Å². The number of benzene rings is 1. The summed E-state index contributed by atoms with van der Waals surface area (Å²) in [5.74, 6) is -0.506. The van der Waals surface area contributed by atoms with E-state index < -0.39 is 5.97 Å². The maximum Gasteiger partial charge on any atom is 0.340 e. The number of carbonyl (C=O) groups is 1. The predicted octanol–water partition coefficient (Wildman–Crippen LogP) is 2.73. The standard InChI is InChI=1S/C12H11BrN2O3/c1-18-9-3-2-6(13)4-7(9)11-10(12(16)17)8(14)5-15-11/h2-5,15H,14H2,1H3,(H,16,17). The number of nitrogens with two attached hydrogens (primary N) is 1. The van der Waals surface area contributed by atoms with Crippen LogP contribution in [0, 0.1) is 0 Å². The molecule has 0 aliphatic heterocycles. The van der Waals surface area contributed by atoms with Gasteiger partial charge in [0, 0.05) is 16.2 Å². The number of carboxylic acid groups (broad SMARTS) is 1. The molecule has 0 saturated heterocycles. The maximum atomic E-state index is 11.2. The van der Waals surface area contributed by atoms with Crippen LogP contribution in [0.1, 0.15) is 10.4 Å². The number of aromatic amines is 1. The van der Waals surface area contributed by atoms with E-state index >= 15 is 0 Å². The third-order valence-electron chi connectivity index (χ3n) is 2.56. The van der Waals surface area contributed by atoms with Crippen LogP contribution < -0.4 is 10.5 Å². The van der Waals surface area contributed by atoms with Crippen LogP contribution in [-0.2, 0) is 0 Å². The molecule has 1 heterocycles. The highest BCUT2D eigenvalue weighted by atomic mass is 79.9. The number of carboxylic acids is 1. The molecule has 0 amide bonds. The van der Waals surface area contributed by atoms with E-state index in [1.54, 1.807) is 12.1 Å². The van der Waals surface area contributed by atoms with Gasteiger partial charge in [0.2, 0.25) is 0 Å². The van der Waals surface area contributed by atoms with Gasteiger partial charge in [-0.15, -0.1) is 0 Å². The lowest BCUT2D eigenvalue weighted by molar-refractivity contribution is 0.0699. The number of aromatic carboxylic acids is 1. The van der Waals surface area contributed by atoms with Crippen molar-refractivity contribution in [3.8, 4) is 17.0 Å². The SMILES string of the molecule is COc1ccc(Br)cc1-c1[nH]cc(N)c1C(=O)O. The van der Waals surface area contributed by atoms with Crippen LogP contribution in [0.4, 0.5) is 5.69 Å². The lowest BCUT2D eigenvalue weighted by Gasteiger charge is -2.09. The Hall–Kier alpha value is -1.95. The smallest absolute Gasteiger partial charge is 0.340 e. The first-order valence-corrected chi connectivity index (χ1v) is 5.88. The van der Waals surface area contributed by atoms with Crippen molar-refractivity contribution in [2.45, 2.75) is 0 Å². The molecule has 0 bridgehead atoms. The molecule has 94 valence electrons. The molecule has 1 aromatic carbocycles. The predicted molar refractivity (Wildman–Crippen MR) is 71.9 cm³/mol. The van der Waals surface area contributed by atoms with Gasteiger partial charge in [-0.3, -0.25) is 0 Å². The van der Waals surface area contributed by atoms with Crippen LogP contribution in [0.3, 0.4) is 0 Å². The molecule has 0 saturated carbocycles. The number of nitrogens with one attached hydrogen (secondary N) is 1. The van der Waals surface area contributed by atoms with Gasteiger partial charge in [-0.25, -0.2) is 4.79 Å².